The first-order valence-electron chi connectivity index (χ1n) is 7.66. The molecule has 1 unspecified atom stereocenters. The van der Waals surface area contributed by atoms with Gasteiger partial charge in [-0.2, -0.15) is 0 Å². The normalized spacial score (nSPS) is 23.0. The van der Waals surface area contributed by atoms with Crippen LogP contribution in [-0.2, 0) is 16.1 Å². The molecule has 6 heteroatoms. The number of likely N-dealkylation sites (tertiary alicyclic amines) is 1. The minimum absolute atomic E-state index is 0.112. The monoisotopic (exact) mass is 342 g/mol. The summed E-state index contributed by atoms with van der Waals surface area (Å²) in [7, 11) is 0. The van der Waals surface area contributed by atoms with E-state index in [9.17, 15) is 4.79 Å². The smallest absolute Gasteiger partial charge is 0.227 e. The van der Waals surface area contributed by atoms with E-state index in [-0.39, 0.29) is 11.8 Å². The van der Waals surface area contributed by atoms with Gasteiger partial charge in [0.05, 0.1) is 29.2 Å². The number of hydrogen-bond donors (Lipinski definition) is 0. The highest BCUT2D eigenvalue weighted by Gasteiger charge is 2.31. The lowest BCUT2D eigenvalue weighted by atomic mass is 10.1. The van der Waals surface area contributed by atoms with Crippen LogP contribution in [0.1, 0.15) is 12.0 Å². The minimum atomic E-state index is 0.112. The Hall–Kier alpha value is -0.810. The van der Waals surface area contributed by atoms with E-state index in [1.807, 2.05) is 23.1 Å². The predicted octanol–water partition coefficient (Wildman–Crippen LogP) is 2.67. The largest absolute Gasteiger partial charge is 0.378 e. The maximum atomic E-state index is 12.5. The van der Waals surface area contributed by atoms with Gasteiger partial charge in [0, 0.05) is 26.2 Å². The second-order valence-corrected chi connectivity index (χ2v) is 6.72. The van der Waals surface area contributed by atoms with Gasteiger partial charge in [0.2, 0.25) is 5.91 Å². The Morgan fingerprint density at radius 2 is 1.95 bits per heavy atom. The minimum Gasteiger partial charge on any atom is -0.378 e. The molecule has 1 aromatic carbocycles. The molecule has 1 aromatic rings. The second-order valence-electron chi connectivity index (χ2n) is 5.91. The predicted molar refractivity (Wildman–Crippen MR) is 87.2 cm³/mol. The molecule has 0 saturated carbocycles. The van der Waals surface area contributed by atoms with E-state index in [1.54, 1.807) is 0 Å². The third-order valence-corrected chi connectivity index (χ3v) is 5.07. The van der Waals surface area contributed by atoms with Crippen LogP contribution in [0.25, 0.3) is 0 Å². The molecular weight excluding hydrogens is 323 g/mol. The van der Waals surface area contributed by atoms with E-state index < -0.39 is 0 Å². The van der Waals surface area contributed by atoms with Crippen LogP contribution < -0.4 is 0 Å². The van der Waals surface area contributed by atoms with Crippen molar-refractivity contribution in [3.05, 3.63) is 33.8 Å². The van der Waals surface area contributed by atoms with Crippen molar-refractivity contribution in [2.24, 2.45) is 5.92 Å². The van der Waals surface area contributed by atoms with Gasteiger partial charge >= 0.3 is 0 Å². The fourth-order valence-corrected chi connectivity index (χ4v) is 3.44. The van der Waals surface area contributed by atoms with Gasteiger partial charge in [-0.25, -0.2) is 0 Å². The summed E-state index contributed by atoms with van der Waals surface area (Å²) in [4.78, 5) is 16.8. The first-order chi connectivity index (χ1) is 10.6. The average molecular weight is 343 g/mol. The molecule has 4 nitrogen and oxygen atoms in total. The summed E-state index contributed by atoms with van der Waals surface area (Å²) in [5, 5.41) is 1.16. The molecule has 0 aliphatic carbocycles. The number of ether oxygens (including phenoxy) is 1. The van der Waals surface area contributed by atoms with Crippen molar-refractivity contribution in [1.82, 2.24) is 9.80 Å². The molecule has 1 atom stereocenters. The van der Waals surface area contributed by atoms with E-state index in [0.717, 1.165) is 44.7 Å². The maximum Gasteiger partial charge on any atom is 0.227 e. The molecule has 22 heavy (non-hydrogen) atoms. The molecule has 0 bridgehead atoms. The number of halogens is 2. The first kappa shape index (κ1) is 16.1. The molecule has 2 aliphatic heterocycles. The molecule has 2 aliphatic rings. The zero-order valence-electron chi connectivity index (χ0n) is 12.4. The summed E-state index contributed by atoms with van der Waals surface area (Å²) >= 11 is 12.0. The summed E-state index contributed by atoms with van der Waals surface area (Å²) in [6, 6.07) is 5.72. The summed E-state index contributed by atoms with van der Waals surface area (Å²) in [5.74, 6) is 0.390. The van der Waals surface area contributed by atoms with Crippen molar-refractivity contribution < 1.29 is 9.53 Å². The van der Waals surface area contributed by atoms with Gasteiger partial charge in [-0.3, -0.25) is 9.69 Å². The van der Waals surface area contributed by atoms with E-state index in [4.69, 9.17) is 27.9 Å². The number of carbonyl (C=O) groups is 1. The Bertz CT molecular complexity index is 547. The van der Waals surface area contributed by atoms with Crippen molar-refractivity contribution >= 4 is 29.1 Å². The van der Waals surface area contributed by atoms with Crippen LogP contribution in [0, 0.1) is 5.92 Å². The number of amides is 1. The fraction of sp³-hybridized carbons (Fsp3) is 0.562. The second kappa shape index (κ2) is 7.18. The van der Waals surface area contributed by atoms with Gasteiger partial charge < -0.3 is 9.64 Å². The lowest BCUT2D eigenvalue weighted by Crippen LogP contribution is -2.44. The zero-order valence-corrected chi connectivity index (χ0v) is 13.9. The molecule has 0 aromatic heterocycles. The maximum absolute atomic E-state index is 12.5. The number of rotatable bonds is 3. The molecule has 0 radical (unpaired) electrons. The van der Waals surface area contributed by atoms with E-state index in [2.05, 4.69) is 4.90 Å². The summed E-state index contributed by atoms with van der Waals surface area (Å²) in [5.41, 5.74) is 1.13. The SMILES string of the molecule is O=C(C1CCN(Cc2ccc(Cl)c(Cl)c2)C1)N1CCOCC1. The fourth-order valence-electron chi connectivity index (χ4n) is 3.12. The number of morpholine rings is 1. The van der Waals surface area contributed by atoms with Crippen molar-refractivity contribution in [3.8, 4) is 0 Å². The Kier molecular flexibility index (Phi) is 5.24. The van der Waals surface area contributed by atoms with Crippen molar-refractivity contribution in [2.75, 3.05) is 39.4 Å². The summed E-state index contributed by atoms with van der Waals surface area (Å²) < 4.78 is 5.31. The van der Waals surface area contributed by atoms with Gasteiger partial charge in [0.25, 0.3) is 0 Å². The highest BCUT2D eigenvalue weighted by atomic mass is 35.5. The van der Waals surface area contributed by atoms with Gasteiger partial charge in [-0.15, -0.1) is 0 Å². The molecule has 120 valence electrons. The highest BCUT2D eigenvalue weighted by molar-refractivity contribution is 6.42. The summed E-state index contributed by atoms with van der Waals surface area (Å²) in [6.07, 6.45) is 0.928. The topological polar surface area (TPSA) is 32.8 Å². The van der Waals surface area contributed by atoms with Crippen LogP contribution in [-0.4, -0.2) is 55.1 Å². The first-order valence-corrected chi connectivity index (χ1v) is 8.42. The van der Waals surface area contributed by atoms with Gasteiger partial charge in [0.1, 0.15) is 0 Å². The molecule has 0 spiro atoms. The van der Waals surface area contributed by atoms with Crippen LogP contribution >= 0.6 is 23.2 Å². The number of nitrogens with zero attached hydrogens (tertiary/aromatic N) is 2. The third kappa shape index (κ3) is 3.74. The molecule has 2 heterocycles. The molecule has 2 fully saturated rings. The number of hydrogen-bond acceptors (Lipinski definition) is 3. The van der Waals surface area contributed by atoms with Crippen molar-refractivity contribution in [3.63, 3.8) is 0 Å². The standard InChI is InChI=1S/C16H20Cl2N2O2/c17-14-2-1-12(9-15(14)18)10-19-4-3-13(11-19)16(21)20-5-7-22-8-6-20/h1-2,9,13H,3-8,10-11H2. The van der Waals surface area contributed by atoms with Gasteiger partial charge in [0.15, 0.2) is 0 Å². The van der Waals surface area contributed by atoms with Crippen LogP contribution in [0.4, 0.5) is 0 Å². The third-order valence-electron chi connectivity index (χ3n) is 4.33. The van der Waals surface area contributed by atoms with Crippen LogP contribution in [0.5, 0.6) is 0 Å². The van der Waals surface area contributed by atoms with Gasteiger partial charge in [-0.05, 0) is 30.7 Å². The lowest BCUT2D eigenvalue weighted by molar-refractivity contribution is -0.139. The van der Waals surface area contributed by atoms with Gasteiger partial charge in [-0.1, -0.05) is 29.3 Å². The molecular formula is C16H20Cl2N2O2. The zero-order chi connectivity index (χ0) is 15.5. The quantitative estimate of drug-likeness (QED) is 0.846. The lowest BCUT2D eigenvalue weighted by Gasteiger charge is -2.29. The van der Waals surface area contributed by atoms with Crippen molar-refractivity contribution in [2.45, 2.75) is 13.0 Å². The Morgan fingerprint density at radius 1 is 1.18 bits per heavy atom. The van der Waals surface area contributed by atoms with Crippen LogP contribution in [0.3, 0.4) is 0 Å². The Labute approximate surface area is 140 Å². The number of carbonyl (C=O) groups excluding carboxylic acids is 1. The molecule has 1 amide bonds. The molecule has 2 saturated heterocycles. The van der Waals surface area contributed by atoms with Crippen LogP contribution in [0.15, 0.2) is 18.2 Å². The summed E-state index contributed by atoms with van der Waals surface area (Å²) in [6.45, 7) is 5.34. The van der Waals surface area contributed by atoms with Crippen molar-refractivity contribution in [1.29, 1.82) is 0 Å². The molecule has 3 rings (SSSR count). The van der Waals surface area contributed by atoms with Crippen LogP contribution in [0.2, 0.25) is 10.0 Å². The molecule has 0 N–H and O–H groups in total. The number of benzene rings is 1. The average Bonchev–Trinajstić information content (AvgIpc) is 2.99. The van der Waals surface area contributed by atoms with E-state index >= 15 is 0 Å². The Morgan fingerprint density at radius 3 is 2.68 bits per heavy atom. The Balaban J connectivity index is 1.55. The van der Waals surface area contributed by atoms with E-state index in [0.29, 0.717) is 23.3 Å². The van der Waals surface area contributed by atoms with E-state index in [1.165, 1.54) is 0 Å². The highest BCUT2D eigenvalue weighted by Crippen LogP contribution is 2.25.